The van der Waals surface area contributed by atoms with E-state index in [0.717, 1.165) is 45.4 Å². The Hall–Kier alpha value is -3.46. The fourth-order valence-corrected chi connectivity index (χ4v) is 3.74. The second kappa shape index (κ2) is 7.88. The minimum Gasteiger partial charge on any atom is -0.322 e. The molecule has 1 aromatic heterocycles. The maximum absolute atomic E-state index is 13.3. The summed E-state index contributed by atoms with van der Waals surface area (Å²) in [6, 6.07) is 23.9. The van der Waals surface area contributed by atoms with Crippen molar-refractivity contribution < 1.29 is 4.79 Å². The number of nitrogens with zero attached hydrogens (tertiary/aromatic N) is 1. The first-order valence-electron chi connectivity index (χ1n) is 9.93. The molecule has 3 aromatic carbocycles. The van der Waals surface area contributed by atoms with Gasteiger partial charge in [-0.3, -0.25) is 4.79 Å². The van der Waals surface area contributed by atoms with E-state index in [9.17, 15) is 4.79 Å². The van der Waals surface area contributed by atoms with Crippen LogP contribution in [0.5, 0.6) is 0 Å². The summed E-state index contributed by atoms with van der Waals surface area (Å²) in [7, 11) is 0. The highest BCUT2D eigenvalue weighted by atomic mass is 16.1. The Labute approximate surface area is 171 Å². The van der Waals surface area contributed by atoms with E-state index in [1.807, 2.05) is 54.6 Å². The van der Waals surface area contributed by atoms with Gasteiger partial charge in [-0.2, -0.15) is 0 Å². The Morgan fingerprint density at radius 2 is 1.69 bits per heavy atom. The van der Waals surface area contributed by atoms with Crippen molar-refractivity contribution in [2.45, 2.75) is 27.2 Å². The first-order chi connectivity index (χ1) is 14.1. The summed E-state index contributed by atoms with van der Waals surface area (Å²) in [6.45, 7) is 6.25. The van der Waals surface area contributed by atoms with Crippen molar-refractivity contribution in [3.05, 3.63) is 95.1 Å². The number of fused-ring (bicyclic) bond motifs is 1. The van der Waals surface area contributed by atoms with E-state index < -0.39 is 0 Å². The average Bonchev–Trinajstić information content (AvgIpc) is 2.73. The minimum atomic E-state index is -0.115. The van der Waals surface area contributed by atoms with E-state index in [4.69, 9.17) is 4.98 Å². The fraction of sp³-hybridized carbons (Fsp3) is 0.154. The van der Waals surface area contributed by atoms with Gasteiger partial charge in [0, 0.05) is 16.6 Å². The Balaban J connectivity index is 1.83. The molecule has 144 valence electrons. The number of amides is 1. The number of aryl methyl sites for hydroxylation is 3. The predicted octanol–water partition coefficient (Wildman–Crippen LogP) is 6.33. The number of rotatable bonds is 4. The molecule has 1 amide bonds. The van der Waals surface area contributed by atoms with Crippen molar-refractivity contribution in [3.63, 3.8) is 0 Å². The quantitative estimate of drug-likeness (QED) is 0.449. The van der Waals surface area contributed by atoms with Crippen LogP contribution in [0, 0.1) is 13.8 Å². The maximum atomic E-state index is 13.3. The number of carbonyl (C=O) groups is 1. The highest BCUT2D eigenvalue weighted by Gasteiger charge is 2.16. The number of hydrogen-bond acceptors (Lipinski definition) is 2. The van der Waals surface area contributed by atoms with Gasteiger partial charge in [-0.05, 0) is 49.6 Å². The number of nitrogens with one attached hydrogen (secondary N) is 1. The van der Waals surface area contributed by atoms with Gasteiger partial charge in [0.25, 0.3) is 5.91 Å². The topological polar surface area (TPSA) is 42.0 Å². The van der Waals surface area contributed by atoms with Crippen molar-refractivity contribution in [1.82, 2.24) is 4.98 Å². The van der Waals surface area contributed by atoms with E-state index in [2.05, 4.69) is 44.3 Å². The first-order valence-corrected chi connectivity index (χ1v) is 9.93. The molecule has 0 bridgehead atoms. The van der Waals surface area contributed by atoms with Crippen LogP contribution in [0.3, 0.4) is 0 Å². The van der Waals surface area contributed by atoms with Crippen LogP contribution in [0.4, 0.5) is 5.69 Å². The highest BCUT2D eigenvalue weighted by molar-refractivity contribution is 6.13. The number of benzene rings is 3. The third-order valence-electron chi connectivity index (χ3n) is 5.27. The van der Waals surface area contributed by atoms with E-state index in [1.54, 1.807) is 0 Å². The monoisotopic (exact) mass is 380 g/mol. The second-order valence-corrected chi connectivity index (χ2v) is 7.36. The number of pyridine rings is 1. The van der Waals surface area contributed by atoms with Gasteiger partial charge in [0.1, 0.15) is 0 Å². The molecule has 0 saturated heterocycles. The van der Waals surface area contributed by atoms with Crippen molar-refractivity contribution in [2.24, 2.45) is 0 Å². The Morgan fingerprint density at radius 1 is 0.931 bits per heavy atom. The molecule has 0 atom stereocenters. The zero-order valence-corrected chi connectivity index (χ0v) is 17.0. The number of carbonyl (C=O) groups excluding carboxylic acids is 1. The molecule has 0 aliphatic heterocycles. The summed E-state index contributed by atoms with van der Waals surface area (Å²) in [5.41, 5.74) is 7.65. The second-order valence-electron chi connectivity index (χ2n) is 7.36. The zero-order chi connectivity index (χ0) is 20.4. The molecular formula is C26H24N2O. The largest absolute Gasteiger partial charge is 0.322 e. The molecule has 4 aromatic rings. The van der Waals surface area contributed by atoms with Crippen LogP contribution in [0.1, 0.15) is 34.0 Å². The molecule has 1 N–H and O–H groups in total. The Kier molecular flexibility index (Phi) is 5.13. The summed E-state index contributed by atoms with van der Waals surface area (Å²) in [5.74, 6) is -0.115. The van der Waals surface area contributed by atoms with Gasteiger partial charge < -0.3 is 5.32 Å². The molecule has 3 nitrogen and oxygen atoms in total. The highest BCUT2D eigenvalue weighted by Crippen LogP contribution is 2.28. The van der Waals surface area contributed by atoms with Crippen molar-refractivity contribution in [3.8, 4) is 11.3 Å². The van der Waals surface area contributed by atoms with Crippen LogP contribution in [-0.2, 0) is 6.42 Å². The minimum absolute atomic E-state index is 0.115. The molecule has 0 fully saturated rings. The van der Waals surface area contributed by atoms with Crippen LogP contribution in [-0.4, -0.2) is 10.9 Å². The summed E-state index contributed by atoms with van der Waals surface area (Å²) in [5, 5.41) is 3.96. The third-order valence-corrected chi connectivity index (χ3v) is 5.27. The number of aromatic nitrogens is 1. The molecule has 3 heteroatoms. The molecule has 0 unspecified atom stereocenters. The lowest BCUT2D eigenvalue weighted by Gasteiger charge is -2.13. The lowest BCUT2D eigenvalue weighted by molar-refractivity contribution is 0.102. The first kappa shape index (κ1) is 18.9. The van der Waals surface area contributed by atoms with E-state index >= 15 is 0 Å². The van der Waals surface area contributed by atoms with Crippen LogP contribution in [0.2, 0.25) is 0 Å². The van der Waals surface area contributed by atoms with Crippen molar-refractivity contribution >= 4 is 22.5 Å². The lowest BCUT2D eigenvalue weighted by atomic mass is 9.99. The number of para-hydroxylation sites is 2. The van der Waals surface area contributed by atoms with Crippen LogP contribution in [0.15, 0.2) is 72.8 Å². The van der Waals surface area contributed by atoms with Crippen LogP contribution < -0.4 is 5.32 Å². The van der Waals surface area contributed by atoms with E-state index in [-0.39, 0.29) is 5.91 Å². The summed E-state index contributed by atoms with van der Waals surface area (Å²) >= 11 is 0. The molecule has 0 spiro atoms. The molecule has 0 saturated carbocycles. The smallest absolute Gasteiger partial charge is 0.256 e. The van der Waals surface area contributed by atoms with Crippen LogP contribution >= 0.6 is 0 Å². The van der Waals surface area contributed by atoms with Gasteiger partial charge in [-0.25, -0.2) is 4.98 Å². The normalized spacial score (nSPS) is 10.9. The van der Waals surface area contributed by atoms with E-state index in [0.29, 0.717) is 5.56 Å². The predicted molar refractivity (Wildman–Crippen MR) is 120 cm³/mol. The molecule has 0 aliphatic carbocycles. The Bertz CT molecular complexity index is 1210. The van der Waals surface area contributed by atoms with Gasteiger partial charge in [-0.1, -0.05) is 67.1 Å². The number of anilines is 1. The molecule has 29 heavy (non-hydrogen) atoms. The van der Waals surface area contributed by atoms with Gasteiger partial charge in [-0.15, -0.1) is 0 Å². The summed E-state index contributed by atoms with van der Waals surface area (Å²) in [4.78, 5) is 18.1. The van der Waals surface area contributed by atoms with Crippen LogP contribution in [0.25, 0.3) is 22.2 Å². The van der Waals surface area contributed by atoms with Gasteiger partial charge in [0.05, 0.1) is 16.8 Å². The fourth-order valence-electron chi connectivity index (χ4n) is 3.74. The molecule has 0 aliphatic rings. The average molecular weight is 380 g/mol. The number of hydrogen-bond donors (Lipinski definition) is 1. The third kappa shape index (κ3) is 3.77. The zero-order valence-electron chi connectivity index (χ0n) is 17.0. The van der Waals surface area contributed by atoms with E-state index in [1.165, 1.54) is 5.56 Å². The molecule has 0 radical (unpaired) electrons. The molecule has 1 heterocycles. The Morgan fingerprint density at radius 3 is 2.48 bits per heavy atom. The van der Waals surface area contributed by atoms with Gasteiger partial charge in [0.2, 0.25) is 0 Å². The lowest BCUT2D eigenvalue weighted by Crippen LogP contribution is -2.14. The maximum Gasteiger partial charge on any atom is 0.256 e. The standard InChI is InChI=1S/C26H24N2O/c1-4-19-9-5-7-11-23(19)28-26(29)22-16-25(20-14-13-17(2)15-18(20)3)27-24-12-8-6-10-21(22)24/h5-16H,4H2,1-3H3,(H,28,29). The van der Waals surface area contributed by atoms with Crippen molar-refractivity contribution in [1.29, 1.82) is 0 Å². The summed E-state index contributed by atoms with van der Waals surface area (Å²) in [6.07, 6.45) is 0.862. The van der Waals surface area contributed by atoms with Gasteiger partial charge >= 0.3 is 0 Å². The van der Waals surface area contributed by atoms with Gasteiger partial charge in [0.15, 0.2) is 0 Å². The summed E-state index contributed by atoms with van der Waals surface area (Å²) < 4.78 is 0. The molecular weight excluding hydrogens is 356 g/mol. The van der Waals surface area contributed by atoms with Crippen molar-refractivity contribution in [2.75, 3.05) is 5.32 Å². The SMILES string of the molecule is CCc1ccccc1NC(=O)c1cc(-c2ccc(C)cc2C)nc2ccccc12. The molecule has 4 rings (SSSR count).